The molecule has 1 atom stereocenters. The Kier molecular flexibility index (Phi) is 7.11. The maximum Gasteiger partial charge on any atom is 0.411 e. The van der Waals surface area contributed by atoms with Gasteiger partial charge in [0.2, 0.25) is 0 Å². The highest BCUT2D eigenvalue weighted by molar-refractivity contribution is 5.80. The van der Waals surface area contributed by atoms with Crippen molar-refractivity contribution in [2.75, 3.05) is 6.54 Å². The van der Waals surface area contributed by atoms with Gasteiger partial charge in [0.05, 0.1) is 0 Å². The van der Waals surface area contributed by atoms with Crippen LogP contribution in [0.25, 0.3) is 0 Å². The molecule has 140 valence electrons. The van der Waals surface area contributed by atoms with Crippen molar-refractivity contribution in [1.29, 1.82) is 0 Å². The van der Waals surface area contributed by atoms with Gasteiger partial charge in [-0.2, -0.15) is 0 Å². The summed E-state index contributed by atoms with van der Waals surface area (Å²) < 4.78 is 5.51. The summed E-state index contributed by atoms with van der Waals surface area (Å²) in [6.45, 7) is 12.1. The van der Waals surface area contributed by atoms with Crippen molar-refractivity contribution in [1.82, 2.24) is 4.90 Å². The van der Waals surface area contributed by atoms with E-state index in [1.807, 2.05) is 20.8 Å². The van der Waals surface area contributed by atoms with Crippen molar-refractivity contribution in [3.63, 3.8) is 0 Å². The van der Waals surface area contributed by atoms with E-state index in [4.69, 9.17) is 4.74 Å². The molecule has 1 aliphatic rings. The normalized spacial score (nSPS) is 18.1. The average Bonchev–Trinajstić information content (AvgIpc) is 2.40. The van der Waals surface area contributed by atoms with E-state index >= 15 is 0 Å². The number of carbonyl (C=O) groups excluding carboxylic acids is 1. The van der Waals surface area contributed by atoms with E-state index in [0.29, 0.717) is 6.54 Å². The van der Waals surface area contributed by atoms with Crippen molar-refractivity contribution in [3.8, 4) is 0 Å². The van der Waals surface area contributed by atoms with Gasteiger partial charge in [0.25, 0.3) is 0 Å². The van der Waals surface area contributed by atoms with Crippen LogP contribution in [0.2, 0.25) is 0 Å². The summed E-state index contributed by atoms with van der Waals surface area (Å²) in [5.41, 5.74) is -0.609. The molecule has 0 saturated heterocycles. The van der Waals surface area contributed by atoms with Gasteiger partial charge in [-0.1, -0.05) is 40.0 Å². The van der Waals surface area contributed by atoms with Gasteiger partial charge in [0.15, 0.2) is 0 Å². The Morgan fingerprint density at radius 2 is 1.62 bits per heavy atom. The first kappa shape index (κ1) is 20.8. The summed E-state index contributed by atoms with van der Waals surface area (Å²) in [4.78, 5) is 26.2. The van der Waals surface area contributed by atoms with Gasteiger partial charge < -0.3 is 9.84 Å². The Hall–Kier alpha value is -1.26. The number of rotatable bonds is 5. The molecule has 0 aromatic carbocycles. The summed E-state index contributed by atoms with van der Waals surface area (Å²) in [6.07, 6.45) is 5.19. The minimum atomic E-state index is -0.915. The van der Waals surface area contributed by atoms with Crippen LogP contribution in [-0.2, 0) is 9.53 Å². The zero-order valence-electron chi connectivity index (χ0n) is 16.2. The fourth-order valence-electron chi connectivity index (χ4n) is 3.16. The Morgan fingerprint density at radius 1 is 1.08 bits per heavy atom. The first-order valence-electron chi connectivity index (χ1n) is 9.13. The van der Waals surface area contributed by atoms with Gasteiger partial charge in [-0.3, -0.25) is 4.90 Å². The molecule has 0 radical (unpaired) electrons. The van der Waals surface area contributed by atoms with Crippen LogP contribution in [-0.4, -0.2) is 40.3 Å². The number of aliphatic carboxylic acids is 1. The predicted molar refractivity (Wildman–Crippen MR) is 95.0 cm³/mol. The van der Waals surface area contributed by atoms with Crippen molar-refractivity contribution in [2.45, 2.75) is 91.7 Å². The average molecular weight is 341 g/mol. The molecule has 0 bridgehead atoms. The van der Waals surface area contributed by atoms with Crippen LogP contribution in [0.3, 0.4) is 0 Å². The summed E-state index contributed by atoms with van der Waals surface area (Å²) in [7, 11) is 0. The zero-order valence-corrected chi connectivity index (χ0v) is 16.2. The second-order valence-corrected chi connectivity index (χ2v) is 9.17. The van der Waals surface area contributed by atoms with Crippen molar-refractivity contribution in [2.24, 2.45) is 11.3 Å². The maximum atomic E-state index is 12.7. The molecule has 1 saturated carbocycles. The molecule has 1 amide bonds. The van der Waals surface area contributed by atoms with E-state index < -0.39 is 23.7 Å². The molecule has 0 heterocycles. The molecule has 24 heavy (non-hydrogen) atoms. The van der Waals surface area contributed by atoms with E-state index in [1.54, 1.807) is 0 Å². The molecule has 0 aliphatic heterocycles. The van der Waals surface area contributed by atoms with Crippen LogP contribution >= 0.6 is 0 Å². The van der Waals surface area contributed by atoms with E-state index in [0.717, 1.165) is 38.5 Å². The number of carboxylic acids is 1. The number of nitrogens with zero attached hydrogens (tertiary/aromatic N) is 1. The number of hydrogen-bond donors (Lipinski definition) is 1. The second-order valence-electron chi connectivity index (χ2n) is 9.17. The lowest BCUT2D eigenvalue weighted by Crippen LogP contribution is -2.52. The zero-order chi connectivity index (χ0) is 18.5. The highest BCUT2D eigenvalue weighted by Gasteiger charge is 2.39. The quantitative estimate of drug-likeness (QED) is 0.787. The topological polar surface area (TPSA) is 66.8 Å². The standard InChI is InChI=1S/C19H35NO4/c1-18(2,3)12-13-20(17(23)24-19(4,5)6)15(16(21)22)14-10-8-7-9-11-14/h14-15H,7-13H2,1-6H3,(H,21,22)/t15-/m0/s1. The fourth-order valence-corrected chi connectivity index (χ4v) is 3.16. The summed E-state index contributed by atoms with van der Waals surface area (Å²) >= 11 is 0. The monoisotopic (exact) mass is 341 g/mol. The SMILES string of the molecule is CC(C)(C)CCN(C(=O)OC(C)(C)C)[C@H](C(=O)O)C1CCCCC1. The van der Waals surface area contributed by atoms with E-state index in [-0.39, 0.29) is 11.3 Å². The van der Waals surface area contributed by atoms with Gasteiger partial charge in [0, 0.05) is 6.54 Å². The molecule has 1 N–H and O–H groups in total. The van der Waals surface area contributed by atoms with Crippen LogP contribution in [0.5, 0.6) is 0 Å². The van der Waals surface area contributed by atoms with Crippen LogP contribution in [0.15, 0.2) is 0 Å². The lowest BCUT2D eigenvalue weighted by molar-refractivity contribution is -0.146. The van der Waals surface area contributed by atoms with E-state index in [2.05, 4.69) is 20.8 Å². The van der Waals surface area contributed by atoms with Crippen LogP contribution in [0.1, 0.15) is 80.1 Å². The Bertz CT molecular complexity index is 428. The third kappa shape index (κ3) is 7.10. The lowest BCUT2D eigenvalue weighted by atomic mass is 9.82. The van der Waals surface area contributed by atoms with Crippen LogP contribution in [0, 0.1) is 11.3 Å². The van der Waals surface area contributed by atoms with Crippen LogP contribution < -0.4 is 0 Å². The van der Waals surface area contributed by atoms with Gasteiger partial charge in [0.1, 0.15) is 11.6 Å². The van der Waals surface area contributed by atoms with E-state index in [9.17, 15) is 14.7 Å². The molecule has 5 nitrogen and oxygen atoms in total. The third-order valence-corrected chi connectivity index (χ3v) is 4.42. The number of carbonyl (C=O) groups is 2. The minimum absolute atomic E-state index is 0.0173. The van der Waals surface area contributed by atoms with E-state index in [1.165, 1.54) is 4.90 Å². The molecule has 0 aromatic rings. The Morgan fingerprint density at radius 3 is 2.04 bits per heavy atom. The minimum Gasteiger partial charge on any atom is -0.480 e. The van der Waals surface area contributed by atoms with Crippen molar-refractivity contribution in [3.05, 3.63) is 0 Å². The van der Waals surface area contributed by atoms with Crippen molar-refractivity contribution < 1.29 is 19.4 Å². The molecular formula is C19H35NO4. The highest BCUT2D eigenvalue weighted by Crippen LogP contribution is 2.31. The molecule has 1 aliphatic carbocycles. The molecular weight excluding hydrogens is 306 g/mol. The maximum absolute atomic E-state index is 12.7. The van der Waals surface area contributed by atoms with Crippen molar-refractivity contribution >= 4 is 12.1 Å². The molecule has 5 heteroatoms. The molecule has 0 spiro atoms. The number of amides is 1. The largest absolute Gasteiger partial charge is 0.480 e. The van der Waals surface area contributed by atoms with Gasteiger partial charge >= 0.3 is 12.1 Å². The molecule has 0 aromatic heterocycles. The van der Waals surface area contributed by atoms with Gasteiger partial charge in [-0.15, -0.1) is 0 Å². The fraction of sp³-hybridized carbons (Fsp3) is 0.895. The summed E-state index contributed by atoms with van der Waals surface area (Å²) in [6, 6.07) is -0.789. The first-order chi connectivity index (χ1) is 10.9. The molecule has 1 fully saturated rings. The van der Waals surface area contributed by atoms with Gasteiger partial charge in [-0.05, 0) is 51.4 Å². The highest BCUT2D eigenvalue weighted by atomic mass is 16.6. The van der Waals surface area contributed by atoms with Crippen LogP contribution in [0.4, 0.5) is 4.79 Å². The second kappa shape index (κ2) is 8.21. The number of hydrogen-bond acceptors (Lipinski definition) is 3. The lowest BCUT2D eigenvalue weighted by Gasteiger charge is -2.38. The smallest absolute Gasteiger partial charge is 0.411 e. The third-order valence-electron chi connectivity index (χ3n) is 4.42. The molecule has 1 rings (SSSR count). The summed E-state index contributed by atoms with van der Waals surface area (Å²) in [5.74, 6) is -0.898. The molecule has 0 unspecified atom stereocenters. The Labute approximate surface area is 146 Å². The number of carboxylic acid groups (broad SMARTS) is 1. The summed E-state index contributed by atoms with van der Waals surface area (Å²) in [5, 5.41) is 9.82. The predicted octanol–water partition coefficient (Wildman–Crippen LogP) is 4.69. The Balaban J connectivity index is 3.01. The first-order valence-corrected chi connectivity index (χ1v) is 9.13. The number of ether oxygens (including phenoxy) is 1. The van der Waals surface area contributed by atoms with Gasteiger partial charge in [-0.25, -0.2) is 9.59 Å².